The fourth-order valence-corrected chi connectivity index (χ4v) is 2.24. The zero-order chi connectivity index (χ0) is 13.7. The number of fused-ring (bicyclic) bond motifs is 1. The molecule has 2 aromatic heterocycles. The Kier molecular flexibility index (Phi) is 4.54. The van der Waals surface area contributed by atoms with Gasteiger partial charge in [-0.15, -0.1) is 0 Å². The number of anilines is 2. The number of nitrogens with one attached hydrogen (secondary N) is 2. The number of aromatic amines is 1. The Hall–Kier alpha value is -1.85. The molecule has 0 aliphatic rings. The lowest BCUT2D eigenvalue weighted by Crippen LogP contribution is -2.20. The Bertz CT molecular complexity index is 521. The van der Waals surface area contributed by atoms with E-state index in [2.05, 4.69) is 39.1 Å². The van der Waals surface area contributed by atoms with Crippen LogP contribution in [0.25, 0.3) is 11.2 Å². The molecule has 0 saturated carbocycles. The molecule has 0 bridgehead atoms. The van der Waals surface area contributed by atoms with E-state index in [1.807, 2.05) is 0 Å². The van der Waals surface area contributed by atoms with Crippen LogP contribution in [0.4, 0.5) is 11.8 Å². The molecule has 2 heterocycles. The minimum absolute atomic E-state index is 0.257. The molecule has 0 aromatic carbocycles. The van der Waals surface area contributed by atoms with Gasteiger partial charge in [-0.3, -0.25) is 0 Å². The number of nitrogens with zero attached hydrogens (tertiary/aromatic N) is 3. The number of hydrogen-bond donors (Lipinski definition) is 3. The second-order valence-corrected chi connectivity index (χ2v) is 4.80. The summed E-state index contributed by atoms with van der Waals surface area (Å²) < 4.78 is 0. The first-order valence-electron chi connectivity index (χ1n) is 6.97. The van der Waals surface area contributed by atoms with Crippen LogP contribution >= 0.6 is 0 Å². The molecule has 1 unspecified atom stereocenters. The van der Waals surface area contributed by atoms with Crippen LogP contribution in [-0.4, -0.2) is 26.0 Å². The van der Waals surface area contributed by atoms with Crippen molar-refractivity contribution in [2.45, 2.75) is 52.0 Å². The summed E-state index contributed by atoms with van der Waals surface area (Å²) in [4.78, 5) is 15.6. The van der Waals surface area contributed by atoms with Gasteiger partial charge < -0.3 is 16.0 Å². The number of unbranched alkanes of at least 4 members (excludes halogenated alkanes) is 1. The Labute approximate surface area is 113 Å². The third-order valence-electron chi connectivity index (χ3n) is 3.19. The topological polar surface area (TPSA) is 92.5 Å². The number of H-pyrrole nitrogens is 1. The number of nitrogens with two attached hydrogens (primary N) is 1. The molecule has 6 heteroatoms. The van der Waals surface area contributed by atoms with E-state index in [4.69, 9.17) is 5.73 Å². The number of aromatic nitrogens is 4. The average molecular weight is 262 g/mol. The van der Waals surface area contributed by atoms with Crippen molar-refractivity contribution >= 4 is 22.9 Å². The molecule has 0 amide bonds. The summed E-state index contributed by atoms with van der Waals surface area (Å²) in [7, 11) is 0. The van der Waals surface area contributed by atoms with Crippen molar-refractivity contribution in [2.75, 3.05) is 11.1 Å². The van der Waals surface area contributed by atoms with Gasteiger partial charge in [0.25, 0.3) is 0 Å². The third kappa shape index (κ3) is 3.33. The Morgan fingerprint density at radius 2 is 2.11 bits per heavy atom. The van der Waals surface area contributed by atoms with E-state index < -0.39 is 0 Å². The fourth-order valence-electron chi connectivity index (χ4n) is 2.24. The SMILES string of the molecule is CCCCC(CCC)Nc1nc(N)nc2nc[nH]c12. The van der Waals surface area contributed by atoms with Gasteiger partial charge in [0.2, 0.25) is 5.95 Å². The standard InChI is InChI=1S/C13H22N6/c1-3-5-7-9(6-4-2)17-12-10-11(16-8-15-10)18-13(14)19-12/h8-9H,3-7H2,1-2H3,(H4,14,15,16,17,18,19). The smallest absolute Gasteiger partial charge is 0.224 e. The monoisotopic (exact) mass is 262 g/mol. The molecule has 104 valence electrons. The zero-order valence-corrected chi connectivity index (χ0v) is 11.6. The quantitative estimate of drug-likeness (QED) is 0.713. The maximum absolute atomic E-state index is 5.72. The number of imidazole rings is 1. The van der Waals surface area contributed by atoms with E-state index in [0.717, 1.165) is 30.6 Å². The van der Waals surface area contributed by atoms with E-state index in [0.29, 0.717) is 11.7 Å². The summed E-state index contributed by atoms with van der Waals surface area (Å²) in [6.45, 7) is 4.40. The highest BCUT2D eigenvalue weighted by atomic mass is 15.1. The Morgan fingerprint density at radius 3 is 2.84 bits per heavy atom. The Balaban J connectivity index is 2.19. The van der Waals surface area contributed by atoms with Crippen molar-refractivity contribution in [1.29, 1.82) is 0 Å². The molecule has 6 nitrogen and oxygen atoms in total. The lowest BCUT2D eigenvalue weighted by Gasteiger charge is -2.18. The lowest BCUT2D eigenvalue weighted by molar-refractivity contribution is 0.563. The van der Waals surface area contributed by atoms with Gasteiger partial charge in [-0.25, -0.2) is 4.98 Å². The van der Waals surface area contributed by atoms with Crippen molar-refractivity contribution in [3.8, 4) is 0 Å². The maximum Gasteiger partial charge on any atom is 0.224 e. The van der Waals surface area contributed by atoms with Crippen LogP contribution in [0, 0.1) is 0 Å². The molecule has 0 aliphatic heterocycles. The number of rotatable bonds is 7. The molecule has 2 rings (SSSR count). The van der Waals surface area contributed by atoms with Crippen LogP contribution in [0.3, 0.4) is 0 Å². The number of nitrogen functional groups attached to an aromatic ring is 1. The number of hydrogen-bond acceptors (Lipinski definition) is 5. The van der Waals surface area contributed by atoms with Crippen molar-refractivity contribution < 1.29 is 0 Å². The predicted molar refractivity (Wildman–Crippen MR) is 77.9 cm³/mol. The van der Waals surface area contributed by atoms with E-state index in [-0.39, 0.29) is 5.95 Å². The fraction of sp³-hybridized carbons (Fsp3) is 0.615. The van der Waals surface area contributed by atoms with Crippen LogP contribution < -0.4 is 11.1 Å². The molecule has 2 aromatic rings. The van der Waals surface area contributed by atoms with E-state index >= 15 is 0 Å². The molecule has 1 atom stereocenters. The first-order valence-corrected chi connectivity index (χ1v) is 6.97. The minimum Gasteiger partial charge on any atom is -0.368 e. The van der Waals surface area contributed by atoms with Gasteiger partial charge in [-0.1, -0.05) is 33.1 Å². The molecule has 0 radical (unpaired) electrons. The largest absolute Gasteiger partial charge is 0.368 e. The summed E-state index contributed by atoms with van der Waals surface area (Å²) in [6.07, 6.45) is 7.44. The summed E-state index contributed by atoms with van der Waals surface area (Å²) in [5.41, 5.74) is 7.16. The van der Waals surface area contributed by atoms with Gasteiger partial charge in [0, 0.05) is 6.04 Å². The van der Waals surface area contributed by atoms with E-state index in [1.165, 1.54) is 12.8 Å². The van der Waals surface area contributed by atoms with Gasteiger partial charge >= 0.3 is 0 Å². The molecule has 4 N–H and O–H groups in total. The van der Waals surface area contributed by atoms with E-state index in [9.17, 15) is 0 Å². The zero-order valence-electron chi connectivity index (χ0n) is 11.6. The summed E-state index contributed by atoms with van der Waals surface area (Å²) in [5, 5.41) is 3.48. The van der Waals surface area contributed by atoms with Crippen LogP contribution in [0.2, 0.25) is 0 Å². The summed E-state index contributed by atoms with van der Waals surface area (Å²) in [6, 6.07) is 0.422. The van der Waals surface area contributed by atoms with E-state index in [1.54, 1.807) is 6.33 Å². The molecular weight excluding hydrogens is 240 g/mol. The second kappa shape index (κ2) is 6.36. The minimum atomic E-state index is 0.257. The average Bonchev–Trinajstić information content (AvgIpc) is 2.84. The Morgan fingerprint density at radius 1 is 1.26 bits per heavy atom. The van der Waals surface area contributed by atoms with Crippen LogP contribution in [-0.2, 0) is 0 Å². The second-order valence-electron chi connectivity index (χ2n) is 4.80. The summed E-state index contributed by atoms with van der Waals surface area (Å²) >= 11 is 0. The van der Waals surface area contributed by atoms with Crippen LogP contribution in [0.15, 0.2) is 6.33 Å². The van der Waals surface area contributed by atoms with Gasteiger partial charge in [-0.05, 0) is 12.8 Å². The molecular formula is C13H22N6. The van der Waals surface area contributed by atoms with Gasteiger partial charge in [0.05, 0.1) is 6.33 Å². The first kappa shape index (κ1) is 13.6. The predicted octanol–water partition coefficient (Wildman–Crippen LogP) is 2.71. The highest BCUT2D eigenvalue weighted by Gasteiger charge is 2.13. The maximum atomic E-state index is 5.72. The highest BCUT2D eigenvalue weighted by molar-refractivity contribution is 5.83. The molecule has 0 fully saturated rings. The van der Waals surface area contributed by atoms with Gasteiger partial charge in [0.1, 0.15) is 5.52 Å². The highest BCUT2D eigenvalue weighted by Crippen LogP contribution is 2.20. The third-order valence-corrected chi connectivity index (χ3v) is 3.19. The molecule has 0 spiro atoms. The molecule has 19 heavy (non-hydrogen) atoms. The first-order chi connectivity index (χ1) is 9.24. The van der Waals surface area contributed by atoms with Crippen molar-refractivity contribution in [3.05, 3.63) is 6.33 Å². The van der Waals surface area contributed by atoms with Gasteiger partial charge in [-0.2, -0.15) is 9.97 Å². The van der Waals surface area contributed by atoms with Crippen molar-refractivity contribution in [3.63, 3.8) is 0 Å². The molecule has 0 saturated heterocycles. The van der Waals surface area contributed by atoms with Crippen LogP contribution in [0.5, 0.6) is 0 Å². The van der Waals surface area contributed by atoms with Crippen molar-refractivity contribution in [2.24, 2.45) is 0 Å². The summed E-state index contributed by atoms with van der Waals surface area (Å²) in [5.74, 6) is 1.02. The van der Waals surface area contributed by atoms with Crippen LogP contribution in [0.1, 0.15) is 46.0 Å². The lowest BCUT2D eigenvalue weighted by atomic mass is 10.1. The normalized spacial score (nSPS) is 12.7. The molecule has 0 aliphatic carbocycles. The van der Waals surface area contributed by atoms with Gasteiger partial charge in [0.15, 0.2) is 11.5 Å². The van der Waals surface area contributed by atoms with Crippen molar-refractivity contribution in [1.82, 2.24) is 19.9 Å².